The maximum Gasteiger partial charge on any atom is 0.345 e. The Morgan fingerprint density at radius 1 is 1.20 bits per heavy atom. The third kappa shape index (κ3) is 5.19. The first-order valence-electron chi connectivity index (χ1n) is 11.0. The van der Waals surface area contributed by atoms with Gasteiger partial charge in [0.05, 0.1) is 37.1 Å². The smallest absolute Gasteiger partial charge is 0.345 e. The first-order valence-corrected chi connectivity index (χ1v) is 11.0. The highest BCUT2D eigenvalue weighted by molar-refractivity contribution is 5.81. The fraction of sp³-hybridized carbons (Fsp3) is 0.391. The normalized spacial score (nSPS) is 18.5. The Kier molecular flexibility index (Phi) is 7.44. The zero-order valence-corrected chi connectivity index (χ0v) is 19.1. The topological polar surface area (TPSA) is 147 Å². The van der Waals surface area contributed by atoms with Crippen molar-refractivity contribution < 1.29 is 33.6 Å². The van der Waals surface area contributed by atoms with Crippen LogP contribution in [0.5, 0.6) is 5.75 Å². The lowest BCUT2D eigenvalue weighted by atomic mass is 9.88. The lowest BCUT2D eigenvalue weighted by Gasteiger charge is -2.32. The second kappa shape index (κ2) is 10.7. The van der Waals surface area contributed by atoms with Gasteiger partial charge in [-0.05, 0) is 22.8 Å². The Bertz CT molecular complexity index is 1100. The van der Waals surface area contributed by atoms with Crippen molar-refractivity contribution in [1.29, 1.82) is 0 Å². The number of hydrogen-bond donors (Lipinski definition) is 1. The third-order valence-electron chi connectivity index (χ3n) is 5.88. The summed E-state index contributed by atoms with van der Waals surface area (Å²) in [4.78, 5) is 43.6. The molecule has 2 unspecified atom stereocenters. The molecule has 2 aliphatic heterocycles. The molecule has 2 aromatic carbocycles. The summed E-state index contributed by atoms with van der Waals surface area (Å²) in [5.74, 6) is -0.648. The summed E-state index contributed by atoms with van der Waals surface area (Å²) in [7, 11) is 1.53. The Hall–Kier alpha value is -3.74. The molecule has 12 nitrogen and oxygen atoms in total. The molecule has 0 aliphatic carbocycles. The average Bonchev–Trinajstić information content (AvgIpc) is 3.13. The zero-order valence-electron chi connectivity index (χ0n) is 19.1. The van der Waals surface area contributed by atoms with Crippen LogP contribution in [0.4, 0.5) is 10.5 Å². The van der Waals surface area contributed by atoms with Crippen molar-refractivity contribution in [3.63, 3.8) is 0 Å². The summed E-state index contributed by atoms with van der Waals surface area (Å²) < 4.78 is 15.7. The zero-order chi connectivity index (χ0) is 24.9. The first-order chi connectivity index (χ1) is 16.9. The minimum absolute atomic E-state index is 0.0141. The molecule has 0 spiro atoms. The van der Waals surface area contributed by atoms with Crippen LogP contribution in [0.25, 0.3) is 0 Å². The molecule has 2 atom stereocenters. The number of carbonyl (C=O) groups is 2. The number of hydrogen-bond acceptors (Lipinski definition) is 8. The summed E-state index contributed by atoms with van der Waals surface area (Å²) in [5, 5.41) is 13.0. The quantitative estimate of drug-likeness (QED) is 0.208. The van der Waals surface area contributed by atoms with E-state index in [1.54, 1.807) is 0 Å². The van der Waals surface area contributed by atoms with E-state index in [4.69, 9.17) is 24.8 Å². The molecule has 2 N–H and O–H groups in total. The minimum atomic E-state index is -0.762. The molecule has 0 saturated carbocycles. The number of nitro groups is 1. The summed E-state index contributed by atoms with van der Waals surface area (Å²) in [6.07, 6.45) is -0.185. The van der Waals surface area contributed by atoms with E-state index in [0.29, 0.717) is 17.7 Å². The van der Waals surface area contributed by atoms with E-state index >= 15 is 0 Å². The highest BCUT2D eigenvalue weighted by atomic mass is 16.7. The second-order valence-corrected chi connectivity index (χ2v) is 8.09. The number of hydroxylamine groups is 2. The first kappa shape index (κ1) is 24.4. The lowest BCUT2D eigenvalue weighted by molar-refractivity contribution is -0.386. The SMILES string of the molecule is COCCOCOc1cc2c(cc1[N+](=O)[O-])C(CC(N)=O)N1CC2N(OCc2ccccc2)C1=O. The van der Waals surface area contributed by atoms with Crippen molar-refractivity contribution in [2.45, 2.75) is 25.1 Å². The summed E-state index contributed by atoms with van der Waals surface area (Å²) in [6, 6.07) is 10.4. The predicted octanol–water partition coefficient (Wildman–Crippen LogP) is 2.43. The summed E-state index contributed by atoms with van der Waals surface area (Å²) in [5.41, 5.74) is 7.06. The molecule has 1 saturated heterocycles. The number of amides is 3. The van der Waals surface area contributed by atoms with Gasteiger partial charge in [-0.15, -0.1) is 0 Å². The molecule has 4 rings (SSSR count). The number of carbonyl (C=O) groups excluding carboxylic acids is 2. The summed E-state index contributed by atoms with van der Waals surface area (Å²) >= 11 is 0. The van der Waals surface area contributed by atoms with E-state index in [0.717, 1.165) is 5.56 Å². The van der Waals surface area contributed by atoms with Crippen LogP contribution >= 0.6 is 0 Å². The summed E-state index contributed by atoms with van der Waals surface area (Å²) in [6.45, 7) is 0.759. The average molecular weight is 486 g/mol. The van der Waals surface area contributed by atoms with Gasteiger partial charge in [-0.1, -0.05) is 30.3 Å². The van der Waals surface area contributed by atoms with E-state index in [-0.39, 0.29) is 44.4 Å². The van der Waals surface area contributed by atoms with Gasteiger partial charge in [-0.25, -0.2) is 4.79 Å². The molecule has 35 heavy (non-hydrogen) atoms. The van der Waals surface area contributed by atoms with Gasteiger partial charge in [0.15, 0.2) is 12.5 Å². The molecular formula is C23H26N4O8. The fourth-order valence-corrected chi connectivity index (χ4v) is 4.27. The van der Waals surface area contributed by atoms with Crippen LogP contribution in [0.2, 0.25) is 0 Å². The fourth-order valence-electron chi connectivity index (χ4n) is 4.27. The van der Waals surface area contributed by atoms with Crippen LogP contribution < -0.4 is 10.5 Å². The number of urea groups is 1. The van der Waals surface area contributed by atoms with E-state index < -0.39 is 28.9 Å². The molecule has 2 aliphatic rings. The predicted molar refractivity (Wildman–Crippen MR) is 121 cm³/mol. The van der Waals surface area contributed by atoms with E-state index in [2.05, 4.69) is 0 Å². The van der Waals surface area contributed by atoms with Crippen molar-refractivity contribution >= 4 is 17.6 Å². The number of nitrogens with zero attached hydrogens (tertiary/aromatic N) is 3. The van der Waals surface area contributed by atoms with Gasteiger partial charge in [0.1, 0.15) is 12.6 Å². The maximum atomic E-state index is 13.2. The molecule has 186 valence electrons. The molecule has 2 heterocycles. The molecule has 0 aromatic heterocycles. The van der Waals surface area contributed by atoms with Crippen molar-refractivity contribution in [2.75, 3.05) is 33.7 Å². The van der Waals surface area contributed by atoms with Crippen LogP contribution in [0.1, 0.15) is 35.2 Å². The van der Waals surface area contributed by atoms with Gasteiger partial charge in [0, 0.05) is 13.2 Å². The monoisotopic (exact) mass is 486 g/mol. The Morgan fingerprint density at radius 3 is 2.66 bits per heavy atom. The molecular weight excluding hydrogens is 460 g/mol. The minimum Gasteiger partial charge on any atom is -0.460 e. The number of primary amides is 1. The number of methoxy groups -OCH3 is 1. The number of rotatable bonds is 12. The maximum absolute atomic E-state index is 13.2. The number of ether oxygens (including phenoxy) is 3. The van der Waals surface area contributed by atoms with Crippen molar-refractivity contribution in [2.24, 2.45) is 5.73 Å². The molecule has 12 heteroatoms. The van der Waals surface area contributed by atoms with Crippen LogP contribution in [0, 0.1) is 10.1 Å². The number of fused-ring (bicyclic) bond motifs is 4. The van der Waals surface area contributed by atoms with Gasteiger partial charge in [-0.2, -0.15) is 5.06 Å². The molecule has 0 radical (unpaired) electrons. The number of benzene rings is 2. The van der Waals surface area contributed by atoms with Gasteiger partial charge < -0.3 is 24.8 Å². The van der Waals surface area contributed by atoms with Crippen LogP contribution in [0.15, 0.2) is 42.5 Å². The van der Waals surface area contributed by atoms with Crippen LogP contribution in [-0.2, 0) is 25.7 Å². The lowest BCUT2D eigenvalue weighted by Crippen LogP contribution is -2.36. The van der Waals surface area contributed by atoms with Crippen LogP contribution in [0.3, 0.4) is 0 Å². The Balaban J connectivity index is 1.66. The number of nitrogens with two attached hydrogens (primary N) is 1. The highest BCUT2D eigenvalue weighted by Crippen LogP contribution is 2.48. The largest absolute Gasteiger partial charge is 0.460 e. The van der Waals surface area contributed by atoms with Crippen molar-refractivity contribution in [3.8, 4) is 5.75 Å². The Labute approximate surface area is 201 Å². The number of nitro benzene ring substituents is 1. The van der Waals surface area contributed by atoms with Crippen molar-refractivity contribution in [3.05, 3.63) is 69.3 Å². The van der Waals surface area contributed by atoms with Gasteiger partial charge in [0.25, 0.3) is 0 Å². The van der Waals surface area contributed by atoms with Gasteiger partial charge in [0.2, 0.25) is 5.91 Å². The molecule has 1 fully saturated rings. The van der Waals surface area contributed by atoms with Gasteiger partial charge >= 0.3 is 11.7 Å². The van der Waals surface area contributed by atoms with E-state index in [1.165, 1.54) is 29.2 Å². The van der Waals surface area contributed by atoms with Crippen molar-refractivity contribution in [1.82, 2.24) is 9.96 Å². The van der Waals surface area contributed by atoms with E-state index in [9.17, 15) is 19.7 Å². The molecule has 3 amide bonds. The standard InChI is InChI=1S/C23H26N4O8/c1-32-7-8-33-14-34-21-10-17-16(9-19(21)27(30)31)18(11-22(24)28)25-12-20(17)26(23(25)29)35-13-15-5-3-2-4-6-15/h2-6,9-10,18,20H,7-8,11-14H2,1H3,(H2,24,28). The molecule has 2 bridgehead atoms. The van der Waals surface area contributed by atoms with Crippen LogP contribution in [-0.4, -0.2) is 60.5 Å². The Morgan fingerprint density at radius 2 is 1.97 bits per heavy atom. The highest BCUT2D eigenvalue weighted by Gasteiger charge is 2.50. The van der Waals surface area contributed by atoms with E-state index in [1.807, 2.05) is 30.3 Å². The van der Waals surface area contributed by atoms with Gasteiger partial charge in [-0.3, -0.25) is 19.7 Å². The second-order valence-electron chi connectivity index (χ2n) is 8.09. The third-order valence-corrected chi connectivity index (χ3v) is 5.88. The molecule has 2 aromatic rings.